The van der Waals surface area contributed by atoms with Crippen molar-refractivity contribution in [3.63, 3.8) is 0 Å². The Morgan fingerprint density at radius 1 is 1.15 bits per heavy atom. The van der Waals surface area contributed by atoms with Gasteiger partial charge in [-0.25, -0.2) is 0 Å². The van der Waals surface area contributed by atoms with Gasteiger partial charge in [0.2, 0.25) is 0 Å². The second-order valence-electron chi connectivity index (χ2n) is 6.31. The Labute approximate surface area is 121 Å². The highest BCUT2D eigenvalue weighted by Gasteiger charge is 2.27. The molecule has 0 spiro atoms. The lowest BCUT2D eigenvalue weighted by Gasteiger charge is -2.42. The van der Waals surface area contributed by atoms with Crippen LogP contribution in [0.3, 0.4) is 0 Å². The topological polar surface area (TPSA) is 44.3 Å². The van der Waals surface area contributed by atoms with Crippen LogP contribution in [0.25, 0.3) is 0 Å². The van der Waals surface area contributed by atoms with Gasteiger partial charge in [0, 0.05) is 37.8 Å². The minimum Gasteiger partial charge on any atom is -0.352 e. The molecule has 1 aliphatic heterocycles. The van der Waals surface area contributed by atoms with Gasteiger partial charge in [0.1, 0.15) is 0 Å². The molecule has 1 N–H and O–H groups in total. The van der Waals surface area contributed by atoms with Crippen molar-refractivity contribution >= 4 is 5.82 Å². The van der Waals surface area contributed by atoms with Crippen LogP contribution < -0.4 is 10.2 Å². The SMILES string of the molecule is CC1CN(c2ccc(CNC3CC3)nn2)CC(C)N1C. The van der Waals surface area contributed by atoms with E-state index in [1.807, 2.05) is 0 Å². The van der Waals surface area contributed by atoms with Gasteiger partial charge in [-0.2, -0.15) is 5.10 Å². The molecule has 1 aromatic rings. The van der Waals surface area contributed by atoms with Crippen LogP contribution in [0.1, 0.15) is 32.4 Å². The van der Waals surface area contributed by atoms with Crippen LogP contribution in [-0.4, -0.2) is 53.4 Å². The van der Waals surface area contributed by atoms with E-state index in [0.29, 0.717) is 12.1 Å². The Hall–Kier alpha value is -1.20. The van der Waals surface area contributed by atoms with Gasteiger partial charge in [-0.3, -0.25) is 4.90 Å². The fourth-order valence-electron chi connectivity index (χ4n) is 2.74. The van der Waals surface area contributed by atoms with Crippen LogP contribution in [0.4, 0.5) is 5.82 Å². The molecule has 3 rings (SSSR count). The zero-order valence-corrected chi connectivity index (χ0v) is 12.7. The third kappa shape index (κ3) is 3.10. The third-order valence-electron chi connectivity index (χ3n) is 4.54. The summed E-state index contributed by atoms with van der Waals surface area (Å²) in [6, 6.07) is 6.04. The third-order valence-corrected chi connectivity index (χ3v) is 4.54. The second kappa shape index (κ2) is 5.66. The first kappa shape index (κ1) is 13.8. The number of aromatic nitrogens is 2. The predicted molar refractivity (Wildman–Crippen MR) is 80.8 cm³/mol. The van der Waals surface area contributed by atoms with Gasteiger partial charge in [-0.15, -0.1) is 5.10 Å². The van der Waals surface area contributed by atoms with Crippen molar-refractivity contribution < 1.29 is 0 Å². The van der Waals surface area contributed by atoms with E-state index in [2.05, 4.69) is 58.3 Å². The summed E-state index contributed by atoms with van der Waals surface area (Å²) in [4.78, 5) is 4.78. The van der Waals surface area contributed by atoms with E-state index in [0.717, 1.165) is 37.2 Å². The summed E-state index contributed by atoms with van der Waals surface area (Å²) in [5.41, 5.74) is 1.04. The van der Waals surface area contributed by atoms with Crippen LogP contribution in [0, 0.1) is 0 Å². The van der Waals surface area contributed by atoms with Gasteiger partial charge >= 0.3 is 0 Å². The number of hydrogen-bond donors (Lipinski definition) is 1. The molecule has 2 heterocycles. The summed E-state index contributed by atoms with van der Waals surface area (Å²) >= 11 is 0. The number of nitrogens with zero attached hydrogens (tertiary/aromatic N) is 4. The van der Waals surface area contributed by atoms with Gasteiger partial charge in [0.25, 0.3) is 0 Å². The van der Waals surface area contributed by atoms with Crippen molar-refractivity contribution in [1.82, 2.24) is 20.4 Å². The van der Waals surface area contributed by atoms with Crippen molar-refractivity contribution in [2.75, 3.05) is 25.0 Å². The highest BCUT2D eigenvalue weighted by Crippen LogP contribution is 2.20. The lowest BCUT2D eigenvalue weighted by atomic mass is 10.1. The van der Waals surface area contributed by atoms with E-state index in [1.54, 1.807) is 0 Å². The van der Waals surface area contributed by atoms with Crippen molar-refractivity contribution in [2.24, 2.45) is 0 Å². The van der Waals surface area contributed by atoms with Gasteiger partial charge in [-0.05, 0) is 45.9 Å². The van der Waals surface area contributed by atoms with Crippen LogP contribution in [-0.2, 0) is 6.54 Å². The van der Waals surface area contributed by atoms with Gasteiger partial charge in [0.05, 0.1) is 5.69 Å². The van der Waals surface area contributed by atoms with Crippen molar-refractivity contribution in [3.8, 4) is 0 Å². The number of nitrogens with one attached hydrogen (secondary N) is 1. The lowest BCUT2D eigenvalue weighted by Crippen LogP contribution is -2.55. The smallest absolute Gasteiger partial charge is 0.151 e. The molecule has 0 aromatic carbocycles. The Balaban J connectivity index is 1.61. The average Bonchev–Trinajstić information content (AvgIpc) is 3.27. The van der Waals surface area contributed by atoms with Gasteiger partial charge in [0.15, 0.2) is 5.82 Å². The molecule has 0 radical (unpaired) electrons. The first-order chi connectivity index (χ1) is 9.63. The lowest BCUT2D eigenvalue weighted by molar-refractivity contribution is 0.169. The molecule has 110 valence electrons. The largest absolute Gasteiger partial charge is 0.352 e. The molecule has 1 aliphatic carbocycles. The van der Waals surface area contributed by atoms with Gasteiger partial charge < -0.3 is 10.2 Å². The van der Waals surface area contributed by atoms with Gasteiger partial charge in [-0.1, -0.05) is 0 Å². The molecular formula is C15H25N5. The fourth-order valence-corrected chi connectivity index (χ4v) is 2.74. The quantitative estimate of drug-likeness (QED) is 0.896. The maximum atomic E-state index is 4.41. The standard InChI is InChI=1S/C15H25N5/c1-11-9-20(10-12(2)19(11)3)15-7-6-14(17-18-15)8-16-13-4-5-13/h6-7,11-13,16H,4-5,8-10H2,1-3H3. The molecule has 1 aromatic heterocycles. The maximum absolute atomic E-state index is 4.41. The Morgan fingerprint density at radius 2 is 1.85 bits per heavy atom. The zero-order valence-electron chi connectivity index (χ0n) is 12.7. The fraction of sp³-hybridized carbons (Fsp3) is 0.733. The Bertz CT molecular complexity index is 430. The number of piperazine rings is 1. The van der Waals surface area contributed by atoms with Crippen LogP contribution in [0.15, 0.2) is 12.1 Å². The number of likely N-dealkylation sites (N-methyl/N-ethyl adjacent to an activating group) is 1. The van der Waals surface area contributed by atoms with Crippen LogP contribution in [0.2, 0.25) is 0 Å². The highest BCUT2D eigenvalue weighted by molar-refractivity contribution is 5.38. The van der Waals surface area contributed by atoms with Crippen molar-refractivity contribution in [2.45, 2.75) is 51.4 Å². The summed E-state index contributed by atoms with van der Waals surface area (Å²) in [6.07, 6.45) is 2.62. The molecule has 2 aliphatic rings. The predicted octanol–water partition coefficient (Wildman–Crippen LogP) is 1.26. The molecule has 0 amide bonds. The number of rotatable bonds is 4. The normalized spacial score (nSPS) is 27.9. The zero-order chi connectivity index (χ0) is 14.1. The molecule has 5 heteroatoms. The summed E-state index contributed by atoms with van der Waals surface area (Å²) in [5.74, 6) is 1.01. The molecule has 0 bridgehead atoms. The van der Waals surface area contributed by atoms with Crippen molar-refractivity contribution in [3.05, 3.63) is 17.8 Å². The number of hydrogen-bond acceptors (Lipinski definition) is 5. The summed E-state index contributed by atoms with van der Waals surface area (Å²) < 4.78 is 0. The summed E-state index contributed by atoms with van der Waals surface area (Å²) in [5, 5.41) is 12.2. The van der Waals surface area contributed by atoms with E-state index in [9.17, 15) is 0 Å². The van der Waals surface area contributed by atoms with E-state index in [1.165, 1.54) is 12.8 Å². The monoisotopic (exact) mass is 275 g/mol. The Morgan fingerprint density at radius 3 is 2.40 bits per heavy atom. The first-order valence-corrected chi connectivity index (χ1v) is 7.66. The first-order valence-electron chi connectivity index (χ1n) is 7.66. The highest BCUT2D eigenvalue weighted by atomic mass is 15.3. The molecule has 5 nitrogen and oxygen atoms in total. The maximum Gasteiger partial charge on any atom is 0.151 e. The van der Waals surface area contributed by atoms with E-state index < -0.39 is 0 Å². The molecule has 20 heavy (non-hydrogen) atoms. The average molecular weight is 275 g/mol. The van der Waals surface area contributed by atoms with Crippen molar-refractivity contribution in [1.29, 1.82) is 0 Å². The molecular weight excluding hydrogens is 250 g/mol. The minimum atomic E-state index is 0.553. The minimum absolute atomic E-state index is 0.553. The van der Waals surface area contributed by atoms with Crippen LogP contribution >= 0.6 is 0 Å². The van der Waals surface area contributed by atoms with E-state index in [-0.39, 0.29) is 0 Å². The molecule has 1 saturated heterocycles. The molecule has 2 fully saturated rings. The molecule has 2 atom stereocenters. The van der Waals surface area contributed by atoms with E-state index in [4.69, 9.17) is 0 Å². The van der Waals surface area contributed by atoms with Crippen LogP contribution in [0.5, 0.6) is 0 Å². The summed E-state index contributed by atoms with van der Waals surface area (Å²) in [6.45, 7) is 7.42. The summed E-state index contributed by atoms with van der Waals surface area (Å²) in [7, 11) is 2.20. The van der Waals surface area contributed by atoms with E-state index >= 15 is 0 Å². The molecule has 1 saturated carbocycles. The number of anilines is 1. The second-order valence-corrected chi connectivity index (χ2v) is 6.31. The Kier molecular flexibility index (Phi) is 3.89. The molecule has 2 unspecified atom stereocenters.